The van der Waals surface area contributed by atoms with Crippen LogP contribution in [0.2, 0.25) is 0 Å². The molecule has 0 bridgehead atoms. The lowest BCUT2D eigenvalue weighted by Gasteiger charge is -2.32. The molecule has 17 heavy (non-hydrogen) atoms. The van der Waals surface area contributed by atoms with Crippen molar-refractivity contribution in [1.82, 2.24) is 0 Å². The summed E-state index contributed by atoms with van der Waals surface area (Å²) in [6.45, 7) is 9.06. The predicted octanol–water partition coefficient (Wildman–Crippen LogP) is 4.13. The van der Waals surface area contributed by atoms with Crippen LogP contribution in [-0.4, -0.2) is 0 Å². The summed E-state index contributed by atoms with van der Waals surface area (Å²) in [6, 6.07) is 6.88. The van der Waals surface area contributed by atoms with Gasteiger partial charge in [-0.15, -0.1) is 0 Å². The highest BCUT2D eigenvalue weighted by atomic mass is 14.7. The largest absolute Gasteiger partial charge is 0.324 e. The lowest BCUT2D eigenvalue weighted by Crippen LogP contribution is -2.29. The maximum Gasteiger partial charge on any atom is 0.0328 e. The molecular weight excluding hydrogens is 206 g/mol. The normalized spacial score (nSPS) is 24.9. The Bertz CT molecular complexity index is 406. The van der Waals surface area contributed by atoms with E-state index in [1.807, 2.05) is 0 Å². The second-order valence-electron chi connectivity index (χ2n) is 6.36. The number of aryl methyl sites for hydroxylation is 2. The van der Waals surface area contributed by atoms with Gasteiger partial charge in [0.05, 0.1) is 0 Å². The molecule has 0 saturated heterocycles. The van der Waals surface area contributed by atoms with Gasteiger partial charge in [-0.25, -0.2) is 0 Å². The summed E-state index contributed by atoms with van der Waals surface area (Å²) in [5.41, 5.74) is 10.9. The van der Waals surface area contributed by atoms with Crippen molar-refractivity contribution in [2.24, 2.45) is 17.1 Å². The van der Waals surface area contributed by atoms with Crippen molar-refractivity contribution in [3.05, 3.63) is 34.9 Å². The molecule has 1 heteroatoms. The minimum atomic E-state index is 0.201. The van der Waals surface area contributed by atoms with E-state index in [9.17, 15) is 0 Å². The van der Waals surface area contributed by atoms with Crippen molar-refractivity contribution < 1.29 is 0 Å². The predicted molar refractivity (Wildman–Crippen MR) is 74.0 cm³/mol. The molecule has 1 nitrogen and oxygen atoms in total. The molecule has 1 aromatic carbocycles. The van der Waals surface area contributed by atoms with Gasteiger partial charge in [0, 0.05) is 6.04 Å². The van der Waals surface area contributed by atoms with E-state index in [-0.39, 0.29) is 6.04 Å². The van der Waals surface area contributed by atoms with E-state index in [2.05, 4.69) is 45.9 Å². The molecule has 0 heterocycles. The Morgan fingerprint density at radius 2 is 1.94 bits per heavy atom. The fourth-order valence-corrected chi connectivity index (χ4v) is 3.22. The highest BCUT2D eigenvalue weighted by molar-refractivity contribution is 5.32. The van der Waals surface area contributed by atoms with Gasteiger partial charge in [-0.2, -0.15) is 0 Å². The summed E-state index contributed by atoms with van der Waals surface area (Å²) in [4.78, 5) is 0. The molecule has 1 aromatic rings. The highest BCUT2D eigenvalue weighted by Gasteiger charge is 2.38. The number of rotatable bonds is 2. The zero-order chi connectivity index (χ0) is 12.6. The quantitative estimate of drug-likeness (QED) is 0.813. The standard InChI is InChI=1S/C16H25N/c1-11-7-8-13(10-12(11)2)15(17)14-6-5-9-16(14,3)4/h7-8,10,14-15H,5-6,9,17H2,1-4H3. The van der Waals surface area contributed by atoms with Crippen LogP contribution in [0.15, 0.2) is 18.2 Å². The molecule has 1 saturated carbocycles. The van der Waals surface area contributed by atoms with Gasteiger partial charge >= 0.3 is 0 Å². The zero-order valence-electron chi connectivity index (χ0n) is 11.6. The first kappa shape index (κ1) is 12.6. The van der Waals surface area contributed by atoms with Gasteiger partial charge in [0.2, 0.25) is 0 Å². The molecule has 0 aliphatic heterocycles. The third-order valence-electron chi connectivity index (χ3n) is 4.69. The van der Waals surface area contributed by atoms with Gasteiger partial charge in [-0.1, -0.05) is 38.5 Å². The molecule has 94 valence electrons. The smallest absolute Gasteiger partial charge is 0.0328 e. The Labute approximate surface area is 105 Å². The maximum absolute atomic E-state index is 6.49. The van der Waals surface area contributed by atoms with Crippen LogP contribution in [0.5, 0.6) is 0 Å². The van der Waals surface area contributed by atoms with Crippen molar-refractivity contribution in [3.8, 4) is 0 Å². The first-order valence-corrected chi connectivity index (χ1v) is 6.74. The summed E-state index contributed by atoms with van der Waals surface area (Å²) in [5, 5.41) is 0. The minimum Gasteiger partial charge on any atom is -0.324 e. The zero-order valence-corrected chi connectivity index (χ0v) is 11.6. The molecule has 2 unspecified atom stereocenters. The first-order chi connectivity index (χ1) is 7.92. The van der Waals surface area contributed by atoms with Crippen molar-refractivity contribution in [2.75, 3.05) is 0 Å². The van der Waals surface area contributed by atoms with Crippen molar-refractivity contribution in [2.45, 2.75) is 53.0 Å². The Kier molecular flexibility index (Phi) is 3.31. The average Bonchev–Trinajstić information content (AvgIpc) is 2.61. The second-order valence-corrected chi connectivity index (χ2v) is 6.36. The van der Waals surface area contributed by atoms with Gasteiger partial charge < -0.3 is 5.73 Å². The van der Waals surface area contributed by atoms with Crippen molar-refractivity contribution in [1.29, 1.82) is 0 Å². The van der Waals surface area contributed by atoms with Crippen LogP contribution in [0.25, 0.3) is 0 Å². The van der Waals surface area contributed by atoms with E-state index in [1.54, 1.807) is 0 Å². The Morgan fingerprint density at radius 3 is 2.47 bits per heavy atom. The molecule has 0 amide bonds. The van der Waals surface area contributed by atoms with E-state index in [1.165, 1.54) is 36.0 Å². The fourth-order valence-electron chi connectivity index (χ4n) is 3.22. The number of hydrogen-bond acceptors (Lipinski definition) is 1. The van der Waals surface area contributed by atoms with E-state index in [0.29, 0.717) is 11.3 Å². The molecule has 0 aromatic heterocycles. The maximum atomic E-state index is 6.49. The van der Waals surface area contributed by atoms with Gasteiger partial charge in [-0.05, 0) is 54.7 Å². The Balaban J connectivity index is 2.25. The van der Waals surface area contributed by atoms with E-state index < -0.39 is 0 Å². The minimum absolute atomic E-state index is 0.201. The number of benzene rings is 1. The van der Waals surface area contributed by atoms with Crippen molar-refractivity contribution in [3.63, 3.8) is 0 Å². The van der Waals surface area contributed by atoms with Crippen LogP contribution in [-0.2, 0) is 0 Å². The SMILES string of the molecule is Cc1ccc(C(N)C2CCCC2(C)C)cc1C. The number of nitrogens with two attached hydrogens (primary N) is 1. The van der Waals surface area contributed by atoms with Gasteiger partial charge in [0.15, 0.2) is 0 Å². The van der Waals surface area contributed by atoms with Crippen molar-refractivity contribution >= 4 is 0 Å². The Hall–Kier alpha value is -0.820. The molecule has 2 rings (SSSR count). The van der Waals surface area contributed by atoms with Crippen LogP contribution in [0, 0.1) is 25.2 Å². The van der Waals surface area contributed by atoms with Crippen LogP contribution in [0.3, 0.4) is 0 Å². The van der Waals surface area contributed by atoms with Gasteiger partial charge in [-0.3, -0.25) is 0 Å². The van der Waals surface area contributed by atoms with Crippen LogP contribution in [0.4, 0.5) is 0 Å². The molecule has 0 spiro atoms. The average molecular weight is 231 g/mol. The lowest BCUT2D eigenvalue weighted by molar-refractivity contribution is 0.222. The van der Waals surface area contributed by atoms with Crippen LogP contribution >= 0.6 is 0 Å². The molecule has 1 aliphatic rings. The van der Waals surface area contributed by atoms with Crippen LogP contribution < -0.4 is 5.73 Å². The summed E-state index contributed by atoms with van der Waals surface area (Å²) in [6.07, 6.45) is 3.92. The topological polar surface area (TPSA) is 26.0 Å². The Morgan fingerprint density at radius 1 is 1.24 bits per heavy atom. The lowest BCUT2D eigenvalue weighted by atomic mass is 9.75. The highest BCUT2D eigenvalue weighted by Crippen LogP contribution is 2.47. The van der Waals surface area contributed by atoms with E-state index in [4.69, 9.17) is 5.73 Å². The first-order valence-electron chi connectivity index (χ1n) is 6.74. The van der Waals surface area contributed by atoms with E-state index in [0.717, 1.165) is 0 Å². The molecule has 0 radical (unpaired) electrons. The third kappa shape index (κ3) is 2.40. The van der Waals surface area contributed by atoms with Gasteiger partial charge in [0.25, 0.3) is 0 Å². The fraction of sp³-hybridized carbons (Fsp3) is 0.625. The summed E-state index contributed by atoms with van der Waals surface area (Å²) < 4.78 is 0. The molecule has 2 N–H and O–H groups in total. The molecule has 2 atom stereocenters. The third-order valence-corrected chi connectivity index (χ3v) is 4.69. The summed E-state index contributed by atoms with van der Waals surface area (Å²) in [5.74, 6) is 0.629. The second kappa shape index (κ2) is 4.45. The molecular formula is C16H25N. The van der Waals surface area contributed by atoms with Gasteiger partial charge in [0.1, 0.15) is 0 Å². The van der Waals surface area contributed by atoms with E-state index >= 15 is 0 Å². The monoisotopic (exact) mass is 231 g/mol. The van der Waals surface area contributed by atoms with Crippen LogP contribution in [0.1, 0.15) is 55.8 Å². The summed E-state index contributed by atoms with van der Waals surface area (Å²) in [7, 11) is 0. The molecule has 1 fully saturated rings. The summed E-state index contributed by atoms with van der Waals surface area (Å²) >= 11 is 0. The molecule has 1 aliphatic carbocycles. The number of hydrogen-bond donors (Lipinski definition) is 1.